The Morgan fingerprint density at radius 2 is 2.10 bits per heavy atom. The van der Waals surface area contributed by atoms with E-state index in [1.807, 2.05) is 0 Å². The molecule has 0 saturated heterocycles. The van der Waals surface area contributed by atoms with Crippen molar-refractivity contribution in [3.63, 3.8) is 0 Å². The zero-order valence-electron chi connectivity index (χ0n) is 11.8. The molecule has 2 aromatic rings. The van der Waals surface area contributed by atoms with Crippen LogP contribution in [-0.4, -0.2) is 24.1 Å². The van der Waals surface area contributed by atoms with Crippen molar-refractivity contribution in [3.05, 3.63) is 59.5 Å². The van der Waals surface area contributed by atoms with E-state index in [0.717, 1.165) is 0 Å². The van der Waals surface area contributed by atoms with Gasteiger partial charge in [-0.25, -0.2) is 14.2 Å². The molecule has 2 rings (SSSR count). The number of ether oxygens (including phenoxy) is 1. The van der Waals surface area contributed by atoms with Gasteiger partial charge in [-0.1, -0.05) is 18.2 Å². The molecule has 4 nitrogen and oxygen atoms in total. The Morgan fingerprint density at radius 3 is 2.86 bits per heavy atom. The molecule has 21 heavy (non-hydrogen) atoms. The molecule has 0 atom stereocenters. The number of aromatic nitrogens is 1. The number of carbonyl (C=O) groups is 1. The molecule has 0 aliphatic heterocycles. The van der Waals surface area contributed by atoms with Crippen LogP contribution in [0, 0.1) is 5.82 Å². The van der Waals surface area contributed by atoms with Crippen molar-refractivity contribution in [2.24, 2.45) is 0 Å². The van der Waals surface area contributed by atoms with Crippen LogP contribution in [0.1, 0.15) is 22.8 Å². The molecule has 0 aliphatic rings. The smallest absolute Gasteiger partial charge is 0.341 e. The molecule has 1 aromatic heterocycles. The Labute approximate surface area is 123 Å². The quantitative estimate of drug-likeness (QED) is 0.830. The maximum Gasteiger partial charge on any atom is 0.341 e. The van der Waals surface area contributed by atoms with Crippen LogP contribution < -0.4 is 5.32 Å². The van der Waals surface area contributed by atoms with Gasteiger partial charge < -0.3 is 10.1 Å². The van der Waals surface area contributed by atoms with Gasteiger partial charge in [0.2, 0.25) is 0 Å². The predicted octanol–water partition coefficient (Wildman–Crippen LogP) is 3.05. The van der Waals surface area contributed by atoms with Gasteiger partial charge >= 0.3 is 5.97 Å². The summed E-state index contributed by atoms with van der Waals surface area (Å²) >= 11 is 0. The lowest BCUT2D eigenvalue weighted by Crippen LogP contribution is -2.13. The van der Waals surface area contributed by atoms with Crippen LogP contribution >= 0.6 is 0 Å². The van der Waals surface area contributed by atoms with E-state index in [0.29, 0.717) is 36.5 Å². The molecule has 0 saturated carbocycles. The SMILES string of the molecule is CCOC(=O)c1cccnc1NCCc1ccccc1F. The summed E-state index contributed by atoms with van der Waals surface area (Å²) in [5.41, 5.74) is 1.01. The van der Waals surface area contributed by atoms with E-state index in [-0.39, 0.29) is 5.82 Å². The largest absolute Gasteiger partial charge is 0.462 e. The molecule has 0 radical (unpaired) electrons. The van der Waals surface area contributed by atoms with Crippen molar-refractivity contribution in [2.75, 3.05) is 18.5 Å². The Morgan fingerprint density at radius 1 is 1.29 bits per heavy atom. The van der Waals surface area contributed by atoms with Gasteiger partial charge in [0, 0.05) is 12.7 Å². The number of anilines is 1. The number of nitrogens with one attached hydrogen (secondary N) is 1. The van der Waals surface area contributed by atoms with Gasteiger partial charge in [-0.15, -0.1) is 0 Å². The third-order valence-corrected chi connectivity index (χ3v) is 2.95. The molecule has 0 aliphatic carbocycles. The Balaban J connectivity index is 2.00. The average Bonchev–Trinajstić information content (AvgIpc) is 2.50. The summed E-state index contributed by atoms with van der Waals surface area (Å²) in [4.78, 5) is 15.9. The molecular weight excluding hydrogens is 271 g/mol. The second kappa shape index (κ2) is 7.38. The molecule has 0 bridgehead atoms. The maximum atomic E-state index is 13.5. The van der Waals surface area contributed by atoms with Crippen LogP contribution in [0.2, 0.25) is 0 Å². The molecular formula is C16H17FN2O2. The lowest BCUT2D eigenvalue weighted by molar-refractivity contribution is 0.0527. The summed E-state index contributed by atoms with van der Waals surface area (Å²) in [6, 6.07) is 9.94. The third-order valence-electron chi connectivity index (χ3n) is 2.95. The van der Waals surface area contributed by atoms with E-state index in [1.54, 1.807) is 43.5 Å². The fourth-order valence-corrected chi connectivity index (χ4v) is 1.94. The number of halogens is 1. The van der Waals surface area contributed by atoms with Gasteiger partial charge in [0.25, 0.3) is 0 Å². The fraction of sp³-hybridized carbons (Fsp3) is 0.250. The average molecular weight is 288 g/mol. The Bertz CT molecular complexity index is 617. The van der Waals surface area contributed by atoms with Gasteiger partial charge in [0.1, 0.15) is 17.2 Å². The number of benzene rings is 1. The third kappa shape index (κ3) is 4.02. The summed E-state index contributed by atoms with van der Waals surface area (Å²) < 4.78 is 18.5. The first-order valence-electron chi connectivity index (χ1n) is 6.81. The van der Waals surface area contributed by atoms with Gasteiger partial charge in [-0.2, -0.15) is 0 Å². The number of carbonyl (C=O) groups excluding carboxylic acids is 1. The van der Waals surface area contributed by atoms with E-state index in [1.165, 1.54) is 6.07 Å². The van der Waals surface area contributed by atoms with E-state index in [9.17, 15) is 9.18 Å². The van der Waals surface area contributed by atoms with Gasteiger partial charge in [-0.3, -0.25) is 0 Å². The van der Waals surface area contributed by atoms with Crippen LogP contribution in [0.4, 0.5) is 10.2 Å². The zero-order chi connectivity index (χ0) is 15.1. The minimum Gasteiger partial charge on any atom is -0.462 e. The monoisotopic (exact) mass is 288 g/mol. The number of esters is 1. The zero-order valence-corrected chi connectivity index (χ0v) is 11.8. The lowest BCUT2D eigenvalue weighted by Gasteiger charge is -2.10. The lowest BCUT2D eigenvalue weighted by atomic mass is 10.1. The molecule has 0 fully saturated rings. The topological polar surface area (TPSA) is 51.2 Å². The Hall–Kier alpha value is -2.43. The van der Waals surface area contributed by atoms with Crippen molar-refractivity contribution in [3.8, 4) is 0 Å². The van der Waals surface area contributed by atoms with Gasteiger partial charge in [0.05, 0.1) is 6.61 Å². The van der Waals surface area contributed by atoms with Crippen molar-refractivity contribution < 1.29 is 13.9 Å². The van der Waals surface area contributed by atoms with Crippen molar-refractivity contribution in [1.82, 2.24) is 4.98 Å². The summed E-state index contributed by atoms with van der Waals surface area (Å²) in [5, 5.41) is 3.05. The van der Waals surface area contributed by atoms with Crippen LogP contribution in [0.25, 0.3) is 0 Å². The molecule has 5 heteroatoms. The molecule has 110 valence electrons. The van der Waals surface area contributed by atoms with Crippen LogP contribution in [-0.2, 0) is 11.2 Å². The summed E-state index contributed by atoms with van der Waals surface area (Å²) in [7, 11) is 0. The van der Waals surface area contributed by atoms with E-state index < -0.39 is 5.97 Å². The predicted molar refractivity (Wildman–Crippen MR) is 78.8 cm³/mol. The maximum absolute atomic E-state index is 13.5. The number of pyridine rings is 1. The van der Waals surface area contributed by atoms with Crippen LogP contribution in [0.3, 0.4) is 0 Å². The first-order chi connectivity index (χ1) is 10.2. The summed E-state index contributed by atoms with van der Waals surface area (Å²) in [6.45, 7) is 2.53. The normalized spacial score (nSPS) is 10.2. The van der Waals surface area contributed by atoms with Crippen LogP contribution in [0.15, 0.2) is 42.6 Å². The standard InChI is InChI=1S/C16H17FN2O2/c1-2-21-16(20)13-7-5-10-18-15(13)19-11-9-12-6-3-4-8-14(12)17/h3-8,10H,2,9,11H2,1H3,(H,18,19). The highest BCUT2D eigenvalue weighted by atomic mass is 19.1. The fourth-order valence-electron chi connectivity index (χ4n) is 1.94. The summed E-state index contributed by atoms with van der Waals surface area (Å²) in [6.07, 6.45) is 2.10. The van der Waals surface area contributed by atoms with Crippen molar-refractivity contribution in [2.45, 2.75) is 13.3 Å². The van der Waals surface area contributed by atoms with Gasteiger partial charge in [0.15, 0.2) is 0 Å². The number of nitrogens with zero attached hydrogens (tertiary/aromatic N) is 1. The van der Waals surface area contributed by atoms with E-state index >= 15 is 0 Å². The second-order valence-electron chi connectivity index (χ2n) is 4.39. The minimum atomic E-state index is -0.418. The second-order valence-corrected chi connectivity index (χ2v) is 4.39. The Kier molecular flexibility index (Phi) is 5.26. The van der Waals surface area contributed by atoms with Gasteiger partial charge in [-0.05, 0) is 37.1 Å². The van der Waals surface area contributed by atoms with Crippen molar-refractivity contribution >= 4 is 11.8 Å². The van der Waals surface area contributed by atoms with E-state index in [2.05, 4.69) is 10.3 Å². The first kappa shape index (κ1) is 15.0. The molecule has 1 N–H and O–H groups in total. The highest BCUT2D eigenvalue weighted by molar-refractivity contribution is 5.94. The molecule has 1 heterocycles. The highest BCUT2D eigenvalue weighted by Crippen LogP contribution is 2.13. The molecule has 0 unspecified atom stereocenters. The van der Waals surface area contributed by atoms with Crippen LogP contribution in [0.5, 0.6) is 0 Å². The minimum absolute atomic E-state index is 0.231. The van der Waals surface area contributed by atoms with Crippen molar-refractivity contribution in [1.29, 1.82) is 0 Å². The number of hydrogen-bond donors (Lipinski definition) is 1. The molecule has 0 spiro atoms. The molecule has 0 amide bonds. The summed E-state index contributed by atoms with van der Waals surface area (Å²) in [5.74, 6) is -0.197. The highest BCUT2D eigenvalue weighted by Gasteiger charge is 2.12. The molecule has 1 aromatic carbocycles. The van der Waals surface area contributed by atoms with E-state index in [4.69, 9.17) is 4.74 Å². The number of rotatable bonds is 6. The first-order valence-corrected chi connectivity index (χ1v) is 6.81. The number of hydrogen-bond acceptors (Lipinski definition) is 4.